The average molecular weight is 336 g/mol. The molecule has 1 aliphatic rings. The molecule has 0 saturated carbocycles. The minimum Gasteiger partial charge on any atom is -0.427 e. The average Bonchev–Trinajstić information content (AvgIpc) is 2.66. The van der Waals surface area contributed by atoms with Gasteiger partial charge in [0.25, 0.3) is 0 Å². The van der Waals surface area contributed by atoms with E-state index in [-0.39, 0.29) is 5.97 Å². The lowest BCUT2D eigenvalue weighted by Crippen LogP contribution is -2.55. The SMILES string of the molecule is C[Si]1(C)CC[Si](C)(C)N1CCCCC(=O)Oc1ccccc1. The molecule has 22 heavy (non-hydrogen) atoms. The van der Waals surface area contributed by atoms with Gasteiger partial charge in [0.1, 0.15) is 22.2 Å². The standard InChI is InChI=1S/C17H29NO2Si2/c1-21(2)14-15-22(3,4)18(21)13-9-8-12-17(19)20-16-10-6-5-7-11-16/h5-7,10-11H,8-9,12-15H2,1-4H3. The fourth-order valence-corrected chi connectivity index (χ4v) is 17.7. The van der Waals surface area contributed by atoms with Crippen molar-refractivity contribution in [2.45, 2.75) is 57.5 Å². The normalized spacial score (nSPS) is 20.0. The largest absolute Gasteiger partial charge is 0.427 e. The molecular weight excluding hydrogens is 306 g/mol. The molecule has 1 aromatic carbocycles. The predicted octanol–water partition coefficient (Wildman–Crippen LogP) is 4.49. The second-order valence-electron chi connectivity index (χ2n) is 7.52. The van der Waals surface area contributed by atoms with Gasteiger partial charge in [0.05, 0.1) is 0 Å². The van der Waals surface area contributed by atoms with Crippen LogP contribution in [-0.2, 0) is 4.79 Å². The molecule has 0 radical (unpaired) electrons. The van der Waals surface area contributed by atoms with Crippen LogP contribution < -0.4 is 4.74 Å². The minimum absolute atomic E-state index is 0.111. The van der Waals surface area contributed by atoms with Gasteiger partial charge in [-0.3, -0.25) is 4.79 Å². The zero-order chi connectivity index (χ0) is 16.2. The quantitative estimate of drug-likeness (QED) is 0.332. The first kappa shape index (κ1) is 17.4. The number of ether oxygens (including phenoxy) is 1. The minimum atomic E-state index is -1.16. The summed E-state index contributed by atoms with van der Waals surface area (Å²) < 4.78 is 8.21. The van der Waals surface area contributed by atoms with Crippen LogP contribution in [0, 0.1) is 0 Å². The molecule has 2 rings (SSSR count). The van der Waals surface area contributed by atoms with E-state index in [1.165, 1.54) is 18.6 Å². The summed E-state index contributed by atoms with van der Waals surface area (Å²) in [5.41, 5.74) is 0. The molecule has 0 amide bonds. The number of hydrogen-bond donors (Lipinski definition) is 0. The second-order valence-corrected chi connectivity index (χ2v) is 17.3. The van der Waals surface area contributed by atoms with E-state index < -0.39 is 16.5 Å². The summed E-state index contributed by atoms with van der Waals surface area (Å²) >= 11 is 0. The van der Waals surface area contributed by atoms with Crippen molar-refractivity contribution in [3.8, 4) is 5.75 Å². The fourth-order valence-electron chi connectivity index (χ4n) is 3.52. The Morgan fingerprint density at radius 1 is 1.05 bits per heavy atom. The first-order valence-corrected chi connectivity index (χ1v) is 14.7. The maximum Gasteiger partial charge on any atom is 0.311 e. The number of carbonyl (C=O) groups is 1. The van der Waals surface area contributed by atoms with E-state index in [0.29, 0.717) is 12.2 Å². The molecule has 1 aromatic rings. The Balaban J connectivity index is 1.72. The molecule has 0 aromatic heterocycles. The van der Waals surface area contributed by atoms with E-state index in [9.17, 15) is 4.79 Å². The summed E-state index contributed by atoms with van der Waals surface area (Å²) in [4.78, 5) is 11.8. The van der Waals surface area contributed by atoms with Gasteiger partial charge >= 0.3 is 5.97 Å². The summed E-state index contributed by atoms with van der Waals surface area (Å²) in [6.07, 6.45) is 2.56. The van der Waals surface area contributed by atoms with Crippen molar-refractivity contribution in [1.82, 2.24) is 4.23 Å². The Bertz CT molecular complexity index is 487. The molecule has 0 bridgehead atoms. The number of para-hydroxylation sites is 1. The molecule has 122 valence electrons. The molecular formula is C17H29NO2Si2. The van der Waals surface area contributed by atoms with Gasteiger partial charge in [-0.2, -0.15) is 0 Å². The number of esters is 1. The van der Waals surface area contributed by atoms with Crippen molar-refractivity contribution in [2.75, 3.05) is 6.54 Å². The summed E-state index contributed by atoms with van der Waals surface area (Å²) in [5.74, 6) is 0.537. The Morgan fingerprint density at radius 3 is 2.23 bits per heavy atom. The molecule has 0 N–H and O–H groups in total. The van der Waals surface area contributed by atoms with Crippen molar-refractivity contribution in [3.63, 3.8) is 0 Å². The zero-order valence-electron chi connectivity index (χ0n) is 14.4. The molecule has 5 heteroatoms. The zero-order valence-corrected chi connectivity index (χ0v) is 16.4. The Kier molecular flexibility index (Phi) is 5.63. The van der Waals surface area contributed by atoms with E-state index in [1.807, 2.05) is 30.3 Å². The number of benzene rings is 1. The lowest BCUT2D eigenvalue weighted by Gasteiger charge is -2.38. The van der Waals surface area contributed by atoms with Crippen LogP contribution in [0.25, 0.3) is 0 Å². The monoisotopic (exact) mass is 335 g/mol. The van der Waals surface area contributed by atoms with Gasteiger partial charge in [0.15, 0.2) is 0 Å². The molecule has 0 aliphatic carbocycles. The molecule has 0 atom stereocenters. The van der Waals surface area contributed by atoms with Crippen LogP contribution in [0.2, 0.25) is 38.3 Å². The van der Waals surface area contributed by atoms with Crippen LogP contribution in [0.15, 0.2) is 30.3 Å². The fraction of sp³-hybridized carbons (Fsp3) is 0.588. The number of hydrogen-bond acceptors (Lipinski definition) is 3. The van der Waals surface area contributed by atoms with Gasteiger partial charge in [-0.15, -0.1) is 0 Å². The highest BCUT2D eigenvalue weighted by atomic mass is 28.4. The second kappa shape index (κ2) is 7.11. The lowest BCUT2D eigenvalue weighted by molar-refractivity contribution is -0.134. The number of carbonyl (C=O) groups excluding carboxylic acids is 1. The summed E-state index contributed by atoms with van der Waals surface area (Å²) in [6.45, 7) is 11.2. The molecule has 0 unspecified atom stereocenters. The van der Waals surface area contributed by atoms with Crippen LogP contribution in [-0.4, -0.2) is 33.2 Å². The molecule has 1 fully saturated rings. The predicted molar refractivity (Wildman–Crippen MR) is 97.2 cm³/mol. The smallest absolute Gasteiger partial charge is 0.311 e. The third-order valence-corrected chi connectivity index (χ3v) is 15.2. The summed E-state index contributed by atoms with van der Waals surface area (Å²) in [6, 6.07) is 12.2. The highest BCUT2D eigenvalue weighted by molar-refractivity contribution is 6.95. The van der Waals surface area contributed by atoms with Crippen molar-refractivity contribution in [1.29, 1.82) is 0 Å². The van der Waals surface area contributed by atoms with Gasteiger partial charge in [-0.1, -0.05) is 44.4 Å². The number of rotatable bonds is 6. The molecule has 0 spiro atoms. The van der Waals surface area contributed by atoms with E-state index in [1.54, 1.807) is 0 Å². The van der Waals surface area contributed by atoms with Gasteiger partial charge < -0.3 is 8.97 Å². The van der Waals surface area contributed by atoms with E-state index >= 15 is 0 Å². The number of unbranched alkanes of at least 4 members (excludes halogenated alkanes) is 1. The van der Waals surface area contributed by atoms with Gasteiger partial charge in [0, 0.05) is 6.42 Å². The number of nitrogens with zero attached hydrogens (tertiary/aromatic N) is 1. The van der Waals surface area contributed by atoms with Crippen LogP contribution in [0.4, 0.5) is 0 Å². The topological polar surface area (TPSA) is 29.5 Å². The van der Waals surface area contributed by atoms with Crippen molar-refractivity contribution >= 4 is 22.4 Å². The molecule has 1 aliphatic heterocycles. The van der Waals surface area contributed by atoms with Crippen LogP contribution in [0.3, 0.4) is 0 Å². The molecule has 1 saturated heterocycles. The first-order chi connectivity index (χ1) is 10.3. The van der Waals surface area contributed by atoms with Crippen molar-refractivity contribution in [3.05, 3.63) is 30.3 Å². The van der Waals surface area contributed by atoms with Crippen LogP contribution >= 0.6 is 0 Å². The Morgan fingerprint density at radius 2 is 1.64 bits per heavy atom. The summed E-state index contributed by atoms with van der Waals surface area (Å²) in [5, 5.41) is 0. The highest BCUT2D eigenvalue weighted by Gasteiger charge is 2.46. The van der Waals surface area contributed by atoms with Crippen molar-refractivity contribution in [2.24, 2.45) is 0 Å². The first-order valence-electron chi connectivity index (χ1n) is 8.35. The van der Waals surface area contributed by atoms with Gasteiger partial charge in [-0.05, 0) is 43.6 Å². The van der Waals surface area contributed by atoms with E-state index in [0.717, 1.165) is 12.8 Å². The molecule has 3 nitrogen and oxygen atoms in total. The van der Waals surface area contributed by atoms with E-state index in [2.05, 4.69) is 30.4 Å². The van der Waals surface area contributed by atoms with Gasteiger partial charge in [0.2, 0.25) is 0 Å². The van der Waals surface area contributed by atoms with Crippen LogP contribution in [0.1, 0.15) is 19.3 Å². The van der Waals surface area contributed by atoms with Crippen LogP contribution in [0.5, 0.6) is 5.75 Å². The Labute approximate surface area is 136 Å². The summed E-state index contributed by atoms with van der Waals surface area (Å²) in [7, 11) is -2.33. The molecule has 1 heterocycles. The maximum atomic E-state index is 11.8. The third kappa shape index (κ3) is 4.54. The maximum absolute atomic E-state index is 11.8. The van der Waals surface area contributed by atoms with Crippen molar-refractivity contribution < 1.29 is 9.53 Å². The highest BCUT2D eigenvalue weighted by Crippen LogP contribution is 2.36. The third-order valence-electron chi connectivity index (χ3n) is 4.80. The van der Waals surface area contributed by atoms with E-state index in [4.69, 9.17) is 4.74 Å². The Hall–Kier alpha value is -0.916. The van der Waals surface area contributed by atoms with Gasteiger partial charge in [-0.25, -0.2) is 0 Å². The lowest BCUT2D eigenvalue weighted by atomic mass is 10.2.